The third-order valence-corrected chi connectivity index (χ3v) is 4.82. The minimum absolute atomic E-state index is 0.0379. The average molecular weight is 408 g/mol. The van der Waals surface area contributed by atoms with Crippen LogP contribution in [0.25, 0.3) is 0 Å². The van der Waals surface area contributed by atoms with Crippen LogP contribution in [0.3, 0.4) is 0 Å². The van der Waals surface area contributed by atoms with E-state index in [9.17, 15) is 30.3 Å². The largest absolute Gasteiger partial charge is 0.507 e. The third kappa shape index (κ3) is 4.60. The SMILES string of the molecule is Cc1cc(O)c(C(=O)CCc2ccoc2)c(O[C@@H]2O[C@H](CO)[C@@H](O)[C@H](O)[C@H]2O)c1. The van der Waals surface area contributed by atoms with Crippen LogP contribution >= 0.6 is 0 Å². The number of ketones is 1. The molecular weight excluding hydrogens is 384 g/mol. The maximum absolute atomic E-state index is 12.7. The summed E-state index contributed by atoms with van der Waals surface area (Å²) < 4.78 is 15.9. The zero-order valence-electron chi connectivity index (χ0n) is 15.8. The lowest BCUT2D eigenvalue weighted by Gasteiger charge is -2.39. The van der Waals surface area contributed by atoms with Crippen LogP contribution in [-0.2, 0) is 11.2 Å². The number of aliphatic hydroxyl groups is 4. The summed E-state index contributed by atoms with van der Waals surface area (Å²) in [6.45, 7) is 1.07. The first-order valence-corrected chi connectivity index (χ1v) is 9.17. The number of benzene rings is 1. The van der Waals surface area contributed by atoms with Gasteiger partial charge in [0.05, 0.1) is 19.1 Å². The molecule has 9 nitrogen and oxygen atoms in total. The molecule has 0 spiro atoms. The van der Waals surface area contributed by atoms with Crippen LogP contribution in [0, 0.1) is 6.92 Å². The first-order chi connectivity index (χ1) is 13.8. The van der Waals surface area contributed by atoms with E-state index in [1.165, 1.54) is 24.7 Å². The Morgan fingerprint density at radius 1 is 1.17 bits per heavy atom. The Labute approximate surface area is 166 Å². The molecule has 1 aromatic carbocycles. The first-order valence-electron chi connectivity index (χ1n) is 9.17. The van der Waals surface area contributed by atoms with Crippen molar-refractivity contribution in [1.82, 2.24) is 0 Å². The number of phenols is 1. The van der Waals surface area contributed by atoms with Crippen molar-refractivity contribution in [3.05, 3.63) is 47.4 Å². The molecule has 1 aliphatic rings. The Balaban J connectivity index is 1.83. The number of Topliss-reactive ketones (excluding diaryl/α,β-unsaturated/α-hetero) is 1. The summed E-state index contributed by atoms with van der Waals surface area (Å²) in [5, 5.41) is 49.6. The lowest BCUT2D eigenvalue weighted by atomic mass is 9.98. The quantitative estimate of drug-likeness (QED) is 0.407. The van der Waals surface area contributed by atoms with Gasteiger partial charge in [-0.3, -0.25) is 4.79 Å². The molecule has 0 radical (unpaired) electrons. The molecule has 1 fully saturated rings. The fourth-order valence-corrected chi connectivity index (χ4v) is 3.22. The molecule has 3 rings (SSSR count). The van der Waals surface area contributed by atoms with Gasteiger partial charge in [0.15, 0.2) is 5.78 Å². The number of aromatic hydroxyl groups is 1. The van der Waals surface area contributed by atoms with E-state index >= 15 is 0 Å². The summed E-state index contributed by atoms with van der Waals surface area (Å²) in [6.07, 6.45) is -3.93. The summed E-state index contributed by atoms with van der Waals surface area (Å²) in [7, 11) is 0. The summed E-state index contributed by atoms with van der Waals surface area (Å²) in [4.78, 5) is 12.7. The standard InChI is InChI=1S/C20H24O9/c1-10-6-13(23)16(12(22)3-2-11-4-5-27-9-11)14(7-10)28-20-19(26)18(25)17(24)15(8-21)29-20/h4-7,9,15,17-21,23-26H,2-3,8H2,1H3/t15-,17-,18+,19-,20-/m1/s1. The number of furan rings is 1. The fourth-order valence-electron chi connectivity index (χ4n) is 3.22. The van der Waals surface area contributed by atoms with Crippen molar-refractivity contribution in [3.8, 4) is 11.5 Å². The van der Waals surface area contributed by atoms with E-state index in [-0.39, 0.29) is 23.5 Å². The summed E-state index contributed by atoms with van der Waals surface area (Å²) >= 11 is 0. The van der Waals surface area contributed by atoms with Gasteiger partial charge in [-0.1, -0.05) is 0 Å². The molecule has 0 saturated carbocycles. The number of carbonyl (C=O) groups excluding carboxylic acids is 1. The van der Waals surface area contributed by atoms with Crippen LogP contribution < -0.4 is 4.74 Å². The number of hydrogen-bond acceptors (Lipinski definition) is 9. The summed E-state index contributed by atoms with van der Waals surface area (Å²) in [5.41, 5.74) is 1.32. The van der Waals surface area contributed by atoms with E-state index < -0.39 is 43.1 Å². The van der Waals surface area contributed by atoms with Gasteiger partial charge in [-0.2, -0.15) is 0 Å². The van der Waals surface area contributed by atoms with E-state index in [0.29, 0.717) is 12.0 Å². The second-order valence-corrected chi connectivity index (χ2v) is 7.03. The third-order valence-electron chi connectivity index (χ3n) is 4.82. The van der Waals surface area contributed by atoms with E-state index in [2.05, 4.69) is 0 Å². The van der Waals surface area contributed by atoms with Gasteiger partial charge in [0.25, 0.3) is 0 Å². The monoisotopic (exact) mass is 408 g/mol. The highest BCUT2D eigenvalue weighted by Crippen LogP contribution is 2.34. The van der Waals surface area contributed by atoms with Crippen LogP contribution in [-0.4, -0.2) is 68.6 Å². The van der Waals surface area contributed by atoms with Crippen molar-refractivity contribution < 1.29 is 44.2 Å². The van der Waals surface area contributed by atoms with Gasteiger partial charge in [0.2, 0.25) is 6.29 Å². The Bertz CT molecular complexity index is 831. The highest BCUT2D eigenvalue weighted by atomic mass is 16.7. The minimum Gasteiger partial charge on any atom is -0.507 e. The number of aliphatic hydroxyl groups excluding tert-OH is 4. The maximum atomic E-state index is 12.7. The number of phenolic OH excluding ortho intramolecular Hbond substituents is 1. The van der Waals surface area contributed by atoms with Gasteiger partial charge in [-0.05, 0) is 42.7 Å². The second-order valence-electron chi connectivity index (χ2n) is 7.03. The molecule has 5 N–H and O–H groups in total. The predicted molar refractivity (Wildman–Crippen MR) is 98.6 cm³/mol. The van der Waals surface area contributed by atoms with Crippen LogP contribution in [0.5, 0.6) is 11.5 Å². The highest BCUT2D eigenvalue weighted by molar-refractivity contribution is 6.01. The van der Waals surface area contributed by atoms with Crippen LogP contribution in [0.2, 0.25) is 0 Å². The summed E-state index contributed by atoms with van der Waals surface area (Å²) in [6, 6.07) is 4.63. The lowest BCUT2D eigenvalue weighted by Crippen LogP contribution is -2.60. The molecule has 29 heavy (non-hydrogen) atoms. The maximum Gasteiger partial charge on any atom is 0.229 e. The van der Waals surface area contributed by atoms with Crippen molar-refractivity contribution >= 4 is 5.78 Å². The molecule has 1 saturated heterocycles. The minimum atomic E-state index is -1.63. The number of aryl methyl sites for hydroxylation is 2. The van der Waals surface area contributed by atoms with Crippen LogP contribution in [0.1, 0.15) is 27.9 Å². The number of hydrogen-bond donors (Lipinski definition) is 5. The normalized spacial score (nSPS) is 27.0. The van der Waals surface area contributed by atoms with Crippen LogP contribution in [0.15, 0.2) is 35.1 Å². The fraction of sp³-hybridized carbons (Fsp3) is 0.450. The molecule has 5 atom stereocenters. The molecule has 158 valence electrons. The van der Waals surface area contributed by atoms with E-state index in [1.54, 1.807) is 13.0 Å². The number of ether oxygens (including phenoxy) is 2. The lowest BCUT2D eigenvalue weighted by molar-refractivity contribution is -0.277. The Morgan fingerprint density at radius 2 is 1.93 bits per heavy atom. The molecule has 1 aliphatic heterocycles. The molecule has 9 heteroatoms. The molecular formula is C20H24O9. The van der Waals surface area contributed by atoms with E-state index in [1.807, 2.05) is 0 Å². The molecule has 0 unspecified atom stereocenters. The van der Waals surface area contributed by atoms with Crippen molar-refractivity contribution in [2.45, 2.75) is 50.5 Å². The van der Waals surface area contributed by atoms with Crippen LogP contribution in [0.4, 0.5) is 0 Å². The Morgan fingerprint density at radius 3 is 2.59 bits per heavy atom. The molecule has 0 aliphatic carbocycles. The van der Waals surface area contributed by atoms with Gasteiger partial charge in [-0.15, -0.1) is 0 Å². The zero-order valence-corrected chi connectivity index (χ0v) is 15.8. The van der Waals surface area contributed by atoms with Gasteiger partial charge in [0, 0.05) is 6.42 Å². The molecule has 1 aromatic heterocycles. The van der Waals surface area contributed by atoms with Gasteiger partial charge >= 0.3 is 0 Å². The predicted octanol–water partition coefficient (Wildman–Crippen LogP) is 0.288. The highest BCUT2D eigenvalue weighted by Gasteiger charge is 2.45. The first kappa shape index (κ1) is 21.3. The van der Waals surface area contributed by atoms with Crippen molar-refractivity contribution in [2.75, 3.05) is 6.61 Å². The number of rotatable bonds is 7. The average Bonchev–Trinajstić information content (AvgIpc) is 3.20. The van der Waals surface area contributed by atoms with E-state index in [0.717, 1.165) is 5.56 Å². The van der Waals surface area contributed by atoms with Gasteiger partial charge < -0.3 is 39.4 Å². The second kappa shape index (κ2) is 8.93. The Hall–Kier alpha value is -2.43. The van der Waals surface area contributed by atoms with Crippen molar-refractivity contribution in [2.24, 2.45) is 0 Å². The molecule has 2 aromatic rings. The molecule has 2 heterocycles. The van der Waals surface area contributed by atoms with Crippen molar-refractivity contribution in [1.29, 1.82) is 0 Å². The smallest absolute Gasteiger partial charge is 0.229 e. The van der Waals surface area contributed by atoms with Crippen molar-refractivity contribution in [3.63, 3.8) is 0 Å². The number of carbonyl (C=O) groups is 1. The van der Waals surface area contributed by atoms with E-state index in [4.69, 9.17) is 13.9 Å². The summed E-state index contributed by atoms with van der Waals surface area (Å²) in [5.74, 6) is -0.728. The van der Waals surface area contributed by atoms with Gasteiger partial charge in [0.1, 0.15) is 41.5 Å². The zero-order chi connectivity index (χ0) is 21.1. The Kier molecular flexibility index (Phi) is 6.56. The molecule has 0 bridgehead atoms. The molecule has 0 amide bonds. The van der Waals surface area contributed by atoms with Gasteiger partial charge in [-0.25, -0.2) is 0 Å². The topological polar surface area (TPSA) is 150 Å².